The molecule has 3 rings (SSSR count). The summed E-state index contributed by atoms with van der Waals surface area (Å²) >= 11 is 0. The number of amides is 1. The van der Waals surface area contributed by atoms with Gasteiger partial charge >= 0.3 is 5.69 Å². The highest BCUT2D eigenvalue weighted by Crippen LogP contribution is 2.03. The van der Waals surface area contributed by atoms with Crippen LogP contribution in [-0.4, -0.2) is 38.1 Å². The van der Waals surface area contributed by atoms with Crippen LogP contribution in [0.1, 0.15) is 12.5 Å². The van der Waals surface area contributed by atoms with Crippen LogP contribution in [0.25, 0.3) is 5.65 Å². The summed E-state index contributed by atoms with van der Waals surface area (Å²) in [5.74, 6) is -0.0982. The van der Waals surface area contributed by atoms with Gasteiger partial charge in [0.25, 0.3) is 0 Å². The molecule has 0 fully saturated rings. The first kappa shape index (κ1) is 16.0. The topological polar surface area (TPSA) is 59.6 Å². The van der Waals surface area contributed by atoms with Gasteiger partial charge in [-0.05, 0) is 31.0 Å². The Bertz CT molecular complexity index is 883. The summed E-state index contributed by atoms with van der Waals surface area (Å²) in [4.78, 5) is 26.5. The molecule has 0 saturated carbocycles. The van der Waals surface area contributed by atoms with Gasteiger partial charge in [0.1, 0.15) is 6.54 Å². The normalized spacial score (nSPS) is 10.9. The molecule has 0 atom stereocenters. The number of nitrogens with zero attached hydrogens (tertiary/aromatic N) is 4. The first-order chi connectivity index (χ1) is 11.7. The van der Waals surface area contributed by atoms with Crippen LogP contribution >= 0.6 is 0 Å². The lowest BCUT2D eigenvalue weighted by molar-refractivity contribution is -0.131. The van der Waals surface area contributed by atoms with Crippen LogP contribution in [0.15, 0.2) is 59.5 Å². The average Bonchev–Trinajstić information content (AvgIpc) is 2.92. The van der Waals surface area contributed by atoms with E-state index >= 15 is 0 Å². The molecule has 2 heterocycles. The van der Waals surface area contributed by atoms with Crippen LogP contribution in [0.3, 0.4) is 0 Å². The van der Waals surface area contributed by atoms with Gasteiger partial charge in [-0.3, -0.25) is 9.20 Å². The molecule has 0 aliphatic carbocycles. The van der Waals surface area contributed by atoms with Crippen molar-refractivity contribution in [1.29, 1.82) is 0 Å². The average molecular weight is 324 g/mol. The van der Waals surface area contributed by atoms with Crippen LogP contribution in [0.4, 0.5) is 0 Å². The third-order valence-corrected chi connectivity index (χ3v) is 4.02. The van der Waals surface area contributed by atoms with Crippen LogP contribution in [0.5, 0.6) is 0 Å². The molecule has 24 heavy (non-hydrogen) atoms. The fourth-order valence-electron chi connectivity index (χ4n) is 2.67. The Balaban J connectivity index is 1.69. The SMILES string of the molecule is CCN(CCc1ccccc1)C(=O)Cn1nc2ccccn2c1=O. The lowest BCUT2D eigenvalue weighted by Gasteiger charge is -2.20. The highest BCUT2D eigenvalue weighted by atomic mass is 16.2. The Labute approximate surface area is 139 Å². The summed E-state index contributed by atoms with van der Waals surface area (Å²) in [5.41, 5.74) is 1.44. The third kappa shape index (κ3) is 3.37. The maximum absolute atomic E-state index is 12.5. The first-order valence-corrected chi connectivity index (χ1v) is 8.05. The summed E-state index contributed by atoms with van der Waals surface area (Å²) < 4.78 is 2.66. The number of aromatic nitrogens is 3. The Hall–Kier alpha value is -2.89. The number of hydrogen-bond acceptors (Lipinski definition) is 3. The predicted molar refractivity (Wildman–Crippen MR) is 91.9 cm³/mol. The number of carbonyl (C=O) groups is 1. The summed E-state index contributed by atoms with van der Waals surface area (Å²) in [7, 11) is 0. The Morgan fingerprint density at radius 3 is 2.58 bits per heavy atom. The summed E-state index contributed by atoms with van der Waals surface area (Å²) in [6.45, 7) is 3.13. The van der Waals surface area contributed by atoms with E-state index in [-0.39, 0.29) is 18.1 Å². The maximum Gasteiger partial charge on any atom is 0.350 e. The first-order valence-electron chi connectivity index (χ1n) is 8.05. The molecule has 1 amide bonds. The molecular formula is C18H20N4O2. The van der Waals surface area contributed by atoms with Gasteiger partial charge in [0.05, 0.1) is 0 Å². The van der Waals surface area contributed by atoms with Crippen LogP contribution in [0.2, 0.25) is 0 Å². The minimum atomic E-state index is -0.293. The van der Waals surface area contributed by atoms with E-state index in [9.17, 15) is 9.59 Å². The molecule has 0 N–H and O–H groups in total. The molecule has 6 nitrogen and oxygen atoms in total. The molecule has 0 aliphatic heterocycles. The Morgan fingerprint density at radius 1 is 1.12 bits per heavy atom. The fraction of sp³-hybridized carbons (Fsp3) is 0.278. The second-order valence-corrected chi connectivity index (χ2v) is 5.58. The van der Waals surface area contributed by atoms with Gasteiger partial charge in [-0.25, -0.2) is 9.48 Å². The standard InChI is InChI=1S/C18H20N4O2/c1-2-20(13-11-15-8-4-3-5-9-15)17(23)14-22-18(24)21-12-7-6-10-16(21)19-22/h3-10,12H,2,11,13-14H2,1H3. The van der Waals surface area contributed by atoms with Gasteiger partial charge in [0.2, 0.25) is 5.91 Å². The van der Waals surface area contributed by atoms with E-state index in [4.69, 9.17) is 0 Å². The van der Waals surface area contributed by atoms with E-state index in [2.05, 4.69) is 5.10 Å². The number of benzene rings is 1. The van der Waals surface area contributed by atoms with Crippen molar-refractivity contribution in [3.05, 3.63) is 70.8 Å². The number of fused-ring (bicyclic) bond motifs is 1. The van der Waals surface area contributed by atoms with Crippen molar-refractivity contribution in [2.24, 2.45) is 0 Å². The number of likely N-dealkylation sites (N-methyl/N-ethyl adjacent to an activating group) is 1. The van der Waals surface area contributed by atoms with Crippen molar-refractivity contribution >= 4 is 11.6 Å². The highest BCUT2D eigenvalue weighted by Gasteiger charge is 2.15. The zero-order chi connectivity index (χ0) is 16.9. The zero-order valence-corrected chi connectivity index (χ0v) is 13.6. The molecule has 0 radical (unpaired) electrons. The molecule has 0 saturated heterocycles. The molecule has 2 aromatic heterocycles. The molecule has 0 bridgehead atoms. The van der Waals surface area contributed by atoms with Crippen molar-refractivity contribution in [3.63, 3.8) is 0 Å². The largest absolute Gasteiger partial charge is 0.350 e. The van der Waals surface area contributed by atoms with Crippen molar-refractivity contribution in [2.75, 3.05) is 13.1 Å². The molecule has 0 spiro atoms. The molecule has 6 heteroatoms. The minimum Gasteiger partial charge on any atom is -0.341 e. The molecule has 124 valence electrons. The van der Waals surface area contributed by atoms with Crippen molar-refractivity contribution < 1.29 is 4.79 Å². The van der Waals surface area contributed by atoms with Gasteiger partial charge < -0.3 is 4.90 Å². The molecule has 0 aliphatic rings. The lowest BCUT2D eigenvalue weighted by atomic mass is 10.1. The summed E-state index contributed by atoms with van der Waals surface area (Å²) in [6.07, 6.45) is 2.44. The van der Waals surface area contributed by atoms with Crippen molar-refractivity contribution in [2.45, 2.75) is 19.9 Å². The van der Waals surface area contributed by atoms with Gasteiger partial charge in [-0.15, -0.1) is 5.10 Å². The van der Waals surface area contributed by atoms with E-state index < -0.39 is 0 Å². The van der Waals surface area contributed by atoms with Gasteiger partial charge in [0, 0.05) is 19.3 Å². The van der Waals surface area contributed by atoms with E-state index in [1.165, 1.54) is 14.6 Å². The van der Waals surface area contributed by atoms with E-state index in [0.29, 0.717) is 18.7 Å². The quantitative estimate of drug-likeness (QED) is 0.692. The highest BCUT2D eigenvalue weighted by molar-refractivity contribution is 5.75. The Morgan fingerprint density at radius 2 is 1.88 bits per heavy atom. The fourth-order valence-corrected chi connectivity index (χ4v) is 2.67. The smallest absolute Gasteiger partial charge is 0.341 e. The van der Waals surface area contributed by atoms with E-state index in [1.807, 2.05) is 43.3 Å². The maximum atomic E-state index is 12.5. The summed E-state index contributed by atoms with van der Waals surface area (Å²) in [6, 6.07) is 15.4. The van der Waals surface area contributed by atoms with E-state index in [1.54, 1.807) is 23.2 Å². The summed E-state index contributed by atoms with van der Waals surface area (Å²) in [5, 5.41) is 4.21. The minimum absolute atomic E-state index is 0.0385. The second kappa shape index (κ2) is 7.12. The van der Waals surface area contributed by atoms with Gasteiger partial charge in [-0.2, -0.15) is 0 Å². The van der Waals surface area contributed by atoms with Crippen molar-refractivity contribution in [3.8, 4) is 0 Å². The van der Waals surface area contributed by atoms with Crippen LogP contribution in [-0.2, 0) is 17.8 Å². The van der Waals surface area contributed by atoms with E-state index in [0.717, 1.165) is 6.42 Å². The molecular weight excluding hydrogens is 304 g/mol. The van der Waals surface area contributed by atoms with Crippen molar-refractivity contribution in [1.82, 2.24) is 19.1 Å². The monoisotopic (exact) mass is 324 g/mol. The Kier molecular flexibility index (Phi) is 4.74. The number of rotatable bonds is 6. The van der Waals surface area contributed by atoms with Gasteiger partial charge in [0.15, 0.2) is 5.65 Å². The zero-order valence-electron chi connectivity index (χ0n) is 13.6. The lowest BCUT2D eigenvalue weighted by Crippen LogP contribution is -2.37. The molecule has 0 unspecified atom stereocenters. The number of pyridine rings is 1. The number of carbonyl (C=O) groups excluding carboxylic acids is 1. The van der Waals surface area contributed by atoms with Crippen LogP contribution < -0.4 is 5.69 Å². The third-order valence-electron chi connectivity index (χ3n) is 4.02. The molecule has 3 aromatic rings. The van der Waals surface area contributed by atoms with Crippen LogP contribution in [0, 0.1) is 0 Å². The van der Waals surface area contributed by atoms with Gasteiger partial charge in [-0.1, -0.05) is 36.4 Å². The molecule has 1 aromatic carbocycles. The predicted octanol–water partition coefficient (Wildman–Crippen LogP) is 1.59. The number of hydrogen-bond donors (Lipinski definition) is 0. The second-order valence-electron chi connectivity index (χ2n) is 5.58.